The van der Waals surface area contributed by atoms with Gasteiger partial charge in [0.05, 0.1) is 6.20 Å². The number of pyridine rings is 1. The fraction of sp³-hybridized carbons (Fsp3) is 0.429. The second kappa shape index (κ2) is 12.2. The van der Waals surface area contributed by atoms with Crippen LogP contribution in [-0.2, 0) is 9.73 Å². The van der Waals surface area contributed by atoms with Gasteiger partial charge in [-0.1, -0.05) is 6.07 Å². The molecule has 12 heteroatoms. The highest BCUT2D eigenvalue weighted by atomic mass is 32.2. The van der Waals surface area contributed by atoms with Crippen LogP contribution in [0, 0.1) is 11.3 Å². The average Bonchev–Trinajstić information content (AvgIpc) is 2.94. The number of anilines is 5. The normalized spacial score (nSPS) is 17.3. The van der Waals surface area contributed by atoms with Crippen LogP contribution in [0.5, 0.6) is 0 Å². The molecule has 0 saturated carbocycles. The van der Waals surface area contributed by atoms with Crippen LogP contribution in [0.25, 0.3) is 0 Å². The van der Waals surface area contributed by atoms with Crippen molar-refractivity contribution in [2.45, 2.75) is 18.9 Å². The molecule has 40 heavy (non-hydrogen) atoms. The molecule has 2 N–H and O–H groups in total. The quantitative estimate of drug-likeness (QED) is 0.441. The Morgan fingerprint density at radius 1 is 0.975 bits per heavy atom. The standard InChI is InChI=1S/C28H36N10OS/c1-36-13-11-24(12-14-36)38-17-15-37(16-18-38)23-9-7-22(8-10-23)31-28-30-20-21(19-29)27(34-28)33-25-5-4-6-26(32-25)35-40(2,3)39/h4-10,20,24H,11-18H2,1-3H3,(H2,30,31,32,33,34). The minimum Gasteiger partial charge on any atom is -0.369 e. The largest absolute Gasteiger partial charge is 0.369 e. The molecule has 2 aliphatic heterocycles. The number of likely N-dealkylation sites (tertiary alicyclic amines) is 1. The van der Waals surface area contributed by atoms with E-state index in [4.69, 9.17) is 0 Å². The highest BCUT2D eigenvalue weighted by Gasteiger charge is 2.26. The molecule has 5 rings (SSSR count). The van der Waals surface area contributed by atoms with E-state index in [2.05, 4.69) is 69.9 Å². The molecule has 0 spiro atoms. The molecule has 2 aromatic heterocycles. The third kappa shape index (κ3) is 7.24. The molecule has 3 aromatic rings. The molecular weight excluding hydrogens is 524 g/mol. The summed E-state index contributed by atoms with van der Waals surface area (Å²) in [6.45, 7) is 6.66. The van der Waals surface area contributed by atoms with Crippen molar-refractivity contribution in [2.75, 3.05) is 74.4 Å². The Morgan fingerprint density at radius 3 is 2.38 bits per heavy atom. The molecule has 0 atom stereocenters. The first-order valence-corrected chi connectivity index (χ1v) is 15.8. The molecule has 210 valence electrons. The van der Waals surface area contributed by atoms with Gasteiger partial charge in [-0.25, -0.2) is 14.2 Å². The number of hydrogen-bond donors (Lipinski definition) is 2. The summed E-state index contributed by atoms with van der Waals surface area (Å²) in [4.78, 5) is 20.7. The van der Waals surface area contributed by atoms with Gasteiger partial charge < -0.3 is 20.4 Å². The number of rotatable bonds is 7. The lowest BCUT2D eigenvalue weighted by molar-refractivity contribution is 0.115. The van der Waals surface area contributed by atoms with Crippen LogP contribution in [0.15, 0.2) is 53.0 Å². The lowest BCUT2D eigenvalue weighted by Crippen LogP contribution is -2.52. The highest BCUT2D eigenvalue weighted by molar-refractivity contribution is 7.92. The van der Waals surface area contributed by atoms with Gasteiger partial charge in [-0.05, 0) is 69.4 Å². The lowest BCUT2D eigenvalue weighted by atomic mass is 10.0. The third-order valence-corrected chi connectivity index (χ3v) is 7.84. The number of hydrogen-bond acceptors (Lipinski definition) is 11. The molecular formula is C28H36N10OS. The van der Waals surface area contributed by atoms with Crippen LogP contribution in [-0.4, -0.2) is 93.8 Å². The molecule has 2 fully saturated rings. The van der Waals surface area contributed by atoms with Gasteiger partial charge >= 0.3 is 0 Å². The number of benzene rings is 1. The number of piperidine rings is 1. The molecule has 0 aliphatic carbocycles. The SMILES string of the molecule is CN1CCC(N2CCN(c3ccc(Nc4ncc(C#N)c(Nc5cccc(N=S(C)(C)=O)n5)n4)cc3)CC2)CC1. The maximum Gasteiger partial charge on any atom is 0.229 e. The predicted octanol–water partition coefficient (Wildman–Crippen LogP) is 3.81. The first kappa shape index (κ1) is 27.8. The minimum atomic E-state index is -2.35. The minimum absolute atomic E-state index is 0.277. The van der Waals surface area contributed by atoms with E-state index in [-0.39, 0.29) is 5.56 Å². The van der Waals surface area contributed by atoms with Gasteiger partial charge in [0, 0.05) is 65.8 Å². The van der Waals surface area contributed by atoms with Gasteiger partial charge in [0.15, 0.2) is 11.6 Å². The summed E-state index contributed by atoms with van der Waals surface area (Å²) in [6, 6.07) is 16.3. The molecule has 1 aromatic carbocycles. The number of nitrogens with zero attached hydrogens (tertiary/aromatic N) is 8. The zero-order valence-electron chi connectivity index (χ0n) is 23.2. The fourth-order valence-corrected chi connectivity index (χ4v) is 5.65. The summed E-state index contributed by atoms with van der Waals surface area (Å²) in [7, 11) is -0.138. The van der Waals surface area contributed by atoms with Crippen molar-refractivity contribution in [1.82, 2.24) is 24.8 Å². The predicted molar refractivity (Wildman–Crippen MR) is 160 cm³/mol. The van der Waals surface area contributed by atoms with Gasteiger partial charge in [-0.3, -0.25) is 4.90 Å². The van der Waals surface area contributed by atoms with Crippen molar-refractivity contribution in [3.05, 3.63) is 54.2 Å². The smallest absolute Gasteiger partial charge is 0.229 e. The van der Waals surface area contributed by atoms with Crippen LogP contribution in [0.1, 0.15) is 18.4 Å². The van der Waals surface area contributed by atoms with E-state index in [1.54, 1.807) is 30.7 Å². The third-order valence-electron chi connectivity index (χ3n) is 7.21. The summed E-state index contributed by atoms with van der Waals surface area (Å²) in [5.41, 5.74) is 2.33. The lowest BCUT2D eigenvalue weighted by Gasteiger charge is -2.42. The molecule has 4 heterocycles. The second-order valence-corrected chi connectivity index (χ2v) is 13.1. The summed E-state index contributed by atoms with van der Waals surface area (Å²) < 4.78 is 16.2. The van der Waals surface area contributed by atoms with Crippen molar-refractivity contribution in [3.8, 4) is 6.07 Å². The number of nitriles is 1. The van der Waals surface area contributed by atoms with Crippen molar-refractivity contribution in [2.24, 2.45) is 4.36 Å². The first-order chi connectivity index (χ1) is 19.3. The molecule has 2 aliphatic rings. The Morgan fingerprint density at radius 2 is 1.70 bits per heavy atom. The molecule has 0 unspecified atom stereocenters. The molecule has 0 radical (unpaired) electrons. The van der Waals surface area contributed by atoms with E-state index in [1.807, 2.05) is 12.1 Å². The maximum absolute atomic E-state index is 12.0. The number of nitrogens with one attached hydrogen (secondary N) is 2. The van der Waals surface area contributed by atoms with Crippen molar-refractivity contribution in [1.29, 1.82) is 5.26 Å². The Hall–Kier alpha value is -3.79. The summed E-state index contributed by atoms with van der Waals surface area (Å²) in [6.07, 6.45) is 7.11. The fourth-order valence-electron chi connectivity index (χ4n) is 5.10. The zero-order valence-corrected chi connectivity index (χ0v) is 24.1. The van der Waals surface area contributed by atoms with Gasteiger partial charge in [-0.2, -0.15) is 14.6 Å². The van der Waals surface area contributed by atoms with E-state index in [0.29, 0.717) is 23.4 Å². The van der Waals surface area contributed by atoms with Crippen molar-refractivity contribution < 1.29 is 4.21 Å². The Kier molecular flexibility index (Phi) is 8.44. The van der Waals surface area contributed by atoms with E-state index in [9.17, 15) is 9.47 Å². The molecule has 0 amide bonds. The van der Waals surface area contributed by atoms with E-state index < -0.39 is 9.73 Å². The monoisotopic (exact) mass is 560 g/mol. The average molecular weight is 561 g/mol. The number of aromatic nitrogens is 3. The van der Waals surface area contributed by atoms with Gasteiger partial charge in [0.2, 0.25) is 5.95 Å². The van der Waals surface area contributed by atoms with E-state index >= 15 is 0 Å². The van der Waals surface area contributed by atoms with E-state index in [1.165, 1.54) is 37.8 Å². The summed E-state index contributed by atoms with van der Waals surface area (Å²) >= 11 is 0. The van der Waals surface area contributed by atoms with Crippen LogP contribution in [0.3, 0.4) is 0 Å². The zero-order chi connectivity index (χ0) is 28.1. The Bertz CT molecular complexity index is 1470. The first-order valence-electron chi connectivity index (χ1n) is 13.5. The van der Waals surface area contributed by atoms with Gasteiger partial charge in [0.1, 0.15) is 17.5 Å². The molecule has 2 saturated heterocycles. The van der Waals surface area contributed by atoms with Crippen molar-refractivity contribution in [3.63, 3.8) is 0 Å². The van der Waals surface area contributed by atoms with Gasteiger partial charge in [-0.15, -0.1) is 0 Å². The summed E-state index contributed by atoms with van der Waals surface area (Å²) in [5.74, 6) is 1.45. The Balaban J connectivity index is 1.22. The maximum atomic E-state index is 12.0. The van der Waals surface area contributed by atoms with E-state index in [0.717, 1.165) is 37.9 Å². The van der Waals surface area contributed by atoms with Crippen molar-refractivity contribution >= 4 is 44.5 Å². The van der Waals surface area contributed by atoms with Crippen LogP contribution < -0.4 is 15.5 Å². The van der Waals surface area contributed by atoms with Crippen LogP contribution >= 0.6 is 0 Å². The van der Waals surface area contributed by atoms with Gasteiger partial charge in [0.25, 0.3) is 0 Å². The number of piperazine rings is 1. The van der Waals surface area contributed by atoms with Crippen LogP contribution in [0.2, 0.25) is 0 Å². The second-order valence-electron chi connectivity index (χ2n) is 10.6. The Labute approximate surface area is 236 Å². The van der Waals surface area contributed by atoms with Crippen LogP contribution in [0.4, 0.5) is 34.8 Å². The molecule has 0 bridgehead atoms. The highest BCUT2D eigenvalue weighted by Crippen LogP contribution is 2.25. The molecule has 11 nitrogen and oxygen atoms in total. The summed E-state index contributed by atoms with van der Waals surface area (Å²) in [5, 5.41) is 15.9. The topological polar surface area (TPSA) is 126 Å².